The number of fused-ring (bicyclic) bond motifs is 2. The van der Waals surface area contributed by atoms with Crippen molar-refractivity contribution >= 4 is 35.6 Å². The second-order valence-electron chi connectivity index (χ2n) is 8.42. The largest absolute Gasteiger partial charge is 0.478 e. The summed E-state index contributed by atoms with van der Waals surface area (Å²) in [5.74, 6) is -0.343. The molecule has 0 spiro atoms. The zero-order valence-electron chi connectivity index (χ0n) is 18.6. The van der Waals surface area contributed by atoms with Crippen molar-refractivity contribution < 1.29 is 9.90 Å². The minimum Gasteiger partial charge on any atom is -0.478 e. The second-order valence-corrected chi connectivity index (χ2v) is 8.42. The molecule has 33 heavy (non-hydrogen) atoms. The number of anilines is 3. The Morgan fingerprint density at radius 1 is 0.818 bits per heavy atom. The van der Waals surface area contributed by atoms with Crippen LogP contribution in [0.15, 0.2) is 66.9 Å². The van der Waals surface area contributed by atoms with Gasteiger partial charge in [-0.1, -0.05) is 36.4 Å². The van der Waals surface area contributed by atoms with Crippen LogP contribution in [0, 0.1) is 0 Å². The summed E-state index contributed by atoms with van der Waals surface area (Å²) < 4.78 is 0. The SMILES string of the molecule is Cl.O=C(O)c1cccnc1N1CCN(CCN2c3ccccc3CCc3ccccc32)CC1. The van der Waals surface area contributed by atoms with E-state index < -0.39 is 5.97 Å². The molecule has 2 aromatic carbocycles. The zero-order chi connectivity index (χ0) is 21.9. The number of carboxylic acids is 1. The lowest BCUT2D eigenvalue weighted by Crippen LogP contribution is -2.48. The van der Waals surface area contributed by atoms with Crippen LogP contribution in [-0.2, 0) is 12.8 Å². The summed E-state index contributed by atoms with van der Waals surface area (Å²) in [6.07, 6.45) is 3.80. The molecule has 2 aliphatic heterocycles. The molecule has 0 bridgehead atoms. The van der Waals surface area contributed by atoms with Crippen molar-refractivity contribution in [2.45, 2.75) is 12.8 Å². The van der Waals surface area contributed by atoms with Gasteiger partial charge in [-0.2, -0.15) is 0 Å². The summed E-state index contributed by atoms with van der Waals surface area (Å²) in [5, 5.41) is 9.48. The highest BCUT2D eigenvalue weighted by atomic mass is 35.5. The summed E-state index contributed by atoms with van der Waals surface area (Å²) in [7, 11) is 0. The van der Waals surface area contributed by atoms with E-state index in [4.69, 9.17) is 0 Å². The molecule has 1 saturated heterocycles. The number of para-hydroxylation sites is 2. The Labute approximate surface area is 200 Å². The number of pyridine rings is 1. The standard InChI is InChI=1S/C26H28N4O2.ClH/c31-26(32)22-8-5-13-27-25(22)29-17-14-28(15-18-29)16-19-30-23-9-3-1-6-20(23)11-12-21-7-2-4-10-24(21)30;/h1-10,13H,11-12,14-19H2,(H,31,32);1H. The third kappa shape index (κ3) is 4.82. The molecule has 1 N–H and O–H groups in total. The summed E-state index contributed by atoms with van der Waals surface area (Å²) in [6, 6.07) is 20.8. The van der Waals surface area contributed by atoms with E-state index in [0.29, 0.717) is 5.82 Å². The first kappa shape index (κ1) is 23.1. The maximum Gasteiger partial charge on any atom is 0.339 e. The Hall–Kier alpha value is -3.09. The number of rotatable bonds is 5. The monoisotopic (exact) mass is 464 g/mol. The van der Waals surface area contributed by atoms with Crippen LogP contribution >= 0.6 is 12.4 Å². The number of hydrogen-bond donors (Lipinski definition) is 1. The number of hydrogen-bond acceptors (Lipinski definition) is 5. The average molecular weight is 465 g/mol. The number of aromatic carboxylic acids is 1. The molecule has 0 saturated carbocycles. The summed E-state index contributed by atoms with van der Waals surface area (Å²) in [5.41, 5.74) is 5.72. The highest BCUT2D eigenvalue weighted by Crippen LogP contribution is 2.35. The van der Waals surface area contributed by atoms with Crippen LogP contribution in [0.25, 0.3) is 0 Å². The first-order chi connectivity index (χ1) is 15.7. The Balaban J connectivity index is 0.00000259. The van der Waals surface area contributed by atoms with Crippen LogP contribution in [0.4, 0.5) is 17.2 Å². The fraction of sp³-hybridized carbons (Fsp3) is 0.308. The van der Waals surface area contributed by atoms with Gasteiger partial charge in [0.2, 0.25) is 0 Å². The van der Waals surface area contributed by atoms with Crippen LogP contribution in [0.1, 0.15) is 21.5 Å². The van der Waals surface area contributed by atoms with Crippen LogP contribution in [0.3, 0.4) is 0 Å². The molecule has 0 unspecified atom stereocenters. The van der Waals surface area contributed by atoms with E-state index in [9.17, 15) is 9.90 Å². The van der Waals surface area contributed by atoms with E-state index >= 15 is 0 Å². The van der Waals surface area contributed by atoms with Gasteiger partial charge in [-0.05, 0) is 48.2 Å². The molecule has 1 aromatic heterocycles. The van der Waals surface area contributed by atoms with Gasteiger partial charge in [0.25, 0.3) is 0 Å². The van der Waals surface area contributed by atoms with Gasteiger partial charge in [-0.25, -0.2) is 9.78 Å². The molecular weight excluding hydrogens is 436 g/mol. The first-order valence-corrected chi connectivity index (χ1v) is 11.3. The van der Waals surface area contributed by atoms with Crippen molar-refractivity contribution in [2.24, 2.45) is 0 Å². The Bertz CT molecular complexity index is 1070. The molecule has 0 atom stereocenters. The quantitative estimate of drug-likeness (QED) is 0.608. The number of aryl methyl sites for hydroxylation is 2. The van der Waals surface area contributed by atoms with E-state index in [2.05, 4.69) is 68.2 Å². The average Bonchev–Trinajstić information content (AvgIpc) is 3.00. The predicted octanol–water partition coefficient (Wildman–Crippen LogP) is 4.26. The molecule has 0 radical (unpaired) electrons. The number of aromatic nitrogens is 1. The lowest BCUT2D eigenvalue weighted by atomic mass is 10.0. The van der Waals surface area contributed by atoms with Gasteiger partial charge < -0.3 is 14.9 Å². The maximum atomic E-state index is 11.6. The van der Waals surface area contributed by atoms with E-state index in [1.54, 1.807) is 18.3 Å². The smallest absolute Gasteiger partial charge is 0.339 e. The fourth-order valence-electron chi connectivity index (χ4n) is 4.85. The van der Waals surface area contributed by atoms with Crippen molar-refractivity contribution in [2.75, 3.05) is 49.1 Å². The second kappa shape index (κ2) is 10.2. The number of halogens is 1. The minimum absolute atomic E-state index is 0. The lowest BCUT2D eigenvalue weighted by molar-refractivity contribution is 0.0697. The minimum atomic E-state index is -0.922. The van der Waals surface area contributed by atoms with E-state index in [1.807, 2.05) is 0 Å². The maximum absolute atomic E-state index is 11.6. The van der Waals surface area contributed by atoms with Crippen LogP contribution in [-0.4, -0.2) is 60.2 Å². The Morgan fingerprint density at radius 3 is 2.03 bits per heavy atom. The fourth-order valence-corrected chi connectivity index (χ4v) is 4.85. The number of carbonyl (C=O) groups is 1. The molecule has 172 valence electrons. The topological polar surface area (TPSA) is 59.9 Å². The highest BCUT2D eigenvalue weighted by Gasteiger charge is 2.24. The van der Waals surface area contributed by atoms with Gasteiger partial charge in [-0.15, -0.1) is 12.4 Å². The van der Waals surface area contributed by atoms with E-state index in [-0.39, 0.29) is 18.0 Å². The first-order valence-electron chi connectivity index (χ1n) is 11.3. The third-order valence-electron chi connectivity index (χ3n) is 6.56. The molecule has 0 aliphatic carbocycles. The van der Waals surface area contributed by atoms with Gasteiger partial charge >= 0.3 is 5.97 Å². The molecule has 7 heteroatoms. The summed E-state index contributed by atoms with van der Waals surface area (Å²) in [6.45, 7) is 5.25. The van der Waals surface area contributed by atoms with E-state index in [0.717, 1.165) is 52.1 Å². The number of nitrogens with zero attached hydrogens (tertiary/aromatic N) is 4. The van der Waals surface area contributed by atoms with Gasteiger partial charge in [0.1, 0.15) is 11.4 Å². The normalized spacial score (nSPS) is 15.8. The molecule has 3 aromatic rings. The molecule has 1 fully saturated rings. The van der Waals surface area contributed by atoms with Crippen molar-refractivity contribution in [3.63, 3.8) is 0 Å². The Morgan fingerprint density at radius 2 is 1.42 bits per heavy atom. The zero-order valence-corrected chi connectivity index (χ0v) is 19.4. The Kier molecular flexibility index (Phi) is 7.16. The van der Waals surface area contributed by atoms with Crippen molar-refractivity contribution in [3.05, 3.63) is 83.6 Å². The highest BCUT2D eigenvalue weighted by molar-refractivity contribution is 5.93. The van der Waals surface area contributed by atoms with Gasteiger partial charge in [-0.3, -0.25) is 4.90 Å². The van der Waals surface area contributed by atoms with Crippen LogP contribution in [0.5, 0.6) is 0 Å². The third-order valence-corrected chi connectivity index (χ3v) is 6.56. The molecule has 0 amide bonds. The predicted molar refractivity (Wildman–Crippen MR) is 134 cm³/mol. The molecule has 3 heterocycles. The summed E-state index contributed by atoms with van der Waals surface area (Å²) >= 11 is 0. The van der Waals surface area contributed by atoms with Gasteiger partial charge in [0, 0.05) is 56.8 Å². The molecule has 5 rings (SSSR count). The number of piperazine rings is 1. The molecule has 6 nitrogen and oxygen atoms in total. The van der Waals surface area contributed by atoms with Gasteiger partial charge in [0.15, 0.2) is 0 Å². The number of benzene rings is 2. The van der Waals surface area contributed by atoms with Crippen molar-refractivity contribution in [1.29, 1.82) is 0 Å². The molecular formula is C26H29ClN4O2. The summed E-state index contributed by atoms with van der Waals surface area (Å²) in [4.78, 5) is 22.9. The molecule has 2 aliphatic rings. The number of carboxylic acid groups (broad SMARTS) is 1. The van der Waals surface area contributed by atoms with Crippen LogP contribution in [0.2, 0.25) is 0 Å². The van der Waals surface area contributed by atoms with Crippen LogP contribution < -0.4 is 9.80 Å². The van der Waals surface area contributed by atoms with E-state index in [1.165, 1.54) is 22.5 Å². The van der Waals surface area contributed by atoms with Crippen molar-refractivity contribution in [3.8, 4) is 0 Å². The van der Waals surface area contributed by atoms with Gasteiger partial charge in [0.05, 0.1) is 0 Å². The van der Waals surface area contributed by atoms with Crippen molar-refractivity contribution in [1.82, 2.24) is 9.88 Å². The lowest BCUT2D eigenvalue weighted by Gasteiger charge is -2.37.